The molecule has 0 bridgehead atoms. The van der Waals surface area contributed by atoms with Crippen LogP contribution in [0.3, 0.4) is 0 Å². The number of nitrogens with one attached hydrogen (secondary N) is 1. The van der Waals surface area contributed by atoms with Gasteiger partial charge in [-0.05, 0) is 35.4 Å². The minimum Gasteiger partial charge on any atom is -0.489 e. The quantitative estimate of drug-likeness (QED) is 0.858. The van der Waals surface area contributed by atoms with Gasteiger partial charge in [0.1, 0.15) is 18.2 Å². The average molecular weight is 310 g/mol. The van der Waals surface area contributed by atoms with Gasteiger partial charge in [-0.15, -0.1) is 12.4 Å². The second-order valence-electron chi connectivity index (χ2n) is 5.10. The van der Waals surface area contributed by atoms with Crippen LogP contribution in [0, 0.1) is 5.82 Å². The van der Waals surface area contributed by atoms with Crippen molar-refractivity contribution in [3.05, 3.63) is 65.5 Å². The third-order valence-electron chi connectivity index (χ3n) is 2.93. The fourth-order valence-corrected chi connectivity index (χ4v) is 1.81. The van der Waals surface area contributed by atoms with Crippen LogP contribution >= 0.6 is 12.4 Å². The Morgan fingerprint density at radius 2 is 1.76 bits per heavy atom. The first-order chi connectivity index (χ1) is 9.63. The molecule has 0 amide bonds. The van der Waals surface area contributed by atoms with Crippen LogP contribution in [-0.2, 0) is 13.2 Å². The van der Waals surface area contributed by atoms with E-state index in [4.69, 9.17) is 4.74 Å². The maximum Gasteiger partial charge on any atom is 0.123 e. The van der Waals surface area contributed by atoms with Crippen molar-refractivity contribution in [1.82, 2.24) is 5.32 Å². The summed E-state index contributed by atoms with van der Waals surface area (Å²) in [5.41, 5.74) is 2.15. The molecule has 0 aromatic heterocycles. The zero-order valence-electron chi connectivity index (χ0n) is 12.3. The van der Waals surface area contributed by atoms with E-state index >= 15 is 0 Å². The summed E-state index contributed by atoms with van der Waals surface area (Å²) < 4.78 is 18.5. The molecule has 0 fully saturated rings. The van der Waals surface area contributed by atoms with Gasteiger partial charge in [0, 0.05) is 12.6 Å². The molecular formula is C17H21ClFNO. The van der Waals surface area contributed by atoms with Gasteiger partial charge in [-0.25, -0.2) is 4.39 Å². The average Bonchev–Trinajstić information content (AvgIpc) is 2.45. The zero-order valence-corrected chi connectivity index (χ0v) is 13.1. The fraction of sp³-hybridized carbons (Fsp3) is 0.294. The Hall–Kier alpha value is -1.58. The summed E-state index contributed by atoms with van der Waals surface area (Å²) in [5.74, 6) is 0.605. The molecule has 0 unspecified atom stereocenters. The first-order valence-electron chi connectivity index (χ1n) is 6.83. The van der Waals surface area contributed by atoms with E-state index in [9.17, 15) is 4.39 Å². The molecule has 0 heterocycles. The van der Waals surface area contributed by atoms with Crippen LogP contribution in [0.1, 0.15) is 25.0 Å². The first-order valence-corrected chi connectivity index (χ1v) is 6.83. The van der Waals surface area contributed by atoms with Crippen molar-refractivity contribution in [2.24, 2.45) is 0 Å². The second kappa shape index (κ2) is 8.65. The lowest BCUT2D eigenvalue weighted by atomic mass is 10.2. The Labute approximate surface area is 131 Å². The van der Waals surface area contributed by atoms with Crippen molar-refractivity contribution in [2.45, 2.75) is 33.0 Å². The van der Waals surface area contributed by atoms with E-state index in [-0.39, 0.29) is 18.2 Å². The van der Waals surface area contributed by atoms with Gasteiger partial charge in [0.15, 0.2) is 0 Å². The van der Waals surface area contributed by atoms with Gasteiger partial charge in [0.25, 0.3) is 0 Å². The van der Waals surface area contributed by atoms with Gasteiger partial charge in [-0.2, -0.15) is 0 Å². The standard InChI is InChI=1S/C17H20FNO.ClH/c1-13(2)19-11-15-4-3-5-17(10-15)20-12-14-6-8-16(18)9-7-14;/h3-10,13,19H,11-12H2,1-2H3;1H. The van der Waals surface area contributed by atoms with Gasteiger partial charge in [-0.1, -0.05) is 38.1 Å². The van der Waals surface area contributed by atoms with Crippen molar-refractivity contribution < 1.29 is 9.13 Å². The van der Waals surface area contributed by atoms with Gasteiger partial charge in [-0.3, -0.25) is 0 Å². The molecule has 2 rings (SSSR count). The van der Waals surface area contributed by atoms with Crippen LogP contribution in [0.15, 0.2) is 48.5 Å². The summed E-state index contributed by atoms with van der Waals surface area (Å²) in [6.07, 6.45) is 0. The third-order valence-corrected chi connectivity index (χ3v) is 2.93. The Balaban J connectivity index is 0.00000220. The molecule has 0 atom stereocenters. The molecule has 114 valence electrons. The molecular weight excluding hydrogens is 289 g/mol. The molecule has 0 saturated carbocycles. The first kappa shape index (κ1) is 17.5. The van der Waals surface area contributed by atoms with Crippen LogP contribution in [0.25, 0.3) is 0 Å². The lowest BCUT2D eigenvalue weighted by Gasteiger charge is -2.10. The predicted octanol–water partition coefficient (Wildman–Crippen LogP) is 4.32. The molecule has 2 aromatic rings. The highest BCUT2D eigenvalue weighted by atomic mass is 35.5. The third kappa shape index (κ3) is 6.15. The molecule has 2 aromatic carbocycles. The van der Waals surface area contributed by atoms with Crippen LogP contribution in [0.5, 0.6) is 5.75 Å². The summed E-state index contributed by atoms with van der Waals surface area (Å²) in [5, 5.41) is 3.37. The molecule has 2 nitrogen and oxygen atoms in total. The number of rotatable bonds is 6. The highest BCUT2D eigenvalue weighted by Crippen LogP contribution is 2.15. The minimum atomic E-state index is -0.226. The van der Waals surface area contributed by atoms with Crippen molar-refractivity contribution in [3.63, 3.8) is 0 Å². The molecule has 0 aliphatic rings. The lowest BCUT2D eigenvalue weighted by molar-refractivity contribution is 0.305. The van der Waals surface area contributed by atoms with Crippen LogP contribution in [0.2, 0.25) is 0 Å². The van der Waals surface area contributed by atoms with Crippen molar-refractivity contribution in [3.8, 4) is 5.75 Å². The van der Waals surface area contributed by atoms with Gasteiger partial charge >= 0.3 is 0 Å². The van der Waals surface area contributed by atoms with Crippen LogP contribution in [0.4, 0.5) is 4.39 Å². The monoisotopic (exact) mass is 309 g/mol. The maximum atomic E-state index is 12.8. The molecule has 0 aliphatic heterocycles. The maximum absolute atomic E-state index is 12.8. The smallest absolute Gasteiger partial charge is 0.123 e. The van der Waals surface area contributed by atoms with Gasteiger partial charge in [0.2, 0.25) is 0 Å². The summed E-state index contributed by atoms with van der Waals surface area (Å²) in [4.78, 5) is 0. The van der Waals surface area contributed by atoms with E-state index < -0.39 is 0 Å². The molecule has 0 radical (unpaired) electrons. The highest BCUT2D eigenvalue weighted by molar-refractivity contribution is 5.85. The fourth-order valence-electron chi connectivity index (χ4n) is 1.81. The predicted molar refractivity (Wildman–Crippen MR) is 86.4 cm³/mol. The van der Waals surface area contributed by atoms with Gasteiger partial charge in [0.05, 0.1) is 0 Å². The summed E-state index contributed by atoms with van der Waals surface area (Å²) in [6, 6.07) is 14.8. The van der Waals surface area contributed by atoms with E-state index in [1.54, 1.807) is 12.1 Å². The normalized spacial score (nSPS) is 10.3. The number of benzene rings is 2. The Morgan fingerprint density at radius 3 is 2.43 bits per heavy atom. The van der Waals surface area contributed by atoms with Crippen LogP contribution < -0.4 is 10.1 Å². The molecule has 0 spiro atoms. The van der Waals surface area contributed by atoms with E-state index in [0.717, 1.165) is 17.9 Å². The van der Waals surface area contributed by atoms with E-state index in [1.807, 2.05) is 18.2 Å². The van der Waals surface area contributed by atoms with Crippen molar-refractivity contribution in [1.29, 1.82) is 0 Å². The number of hydrogen-bond acceptors (Lipinski definition) is 2. The molecule has 0 saturated heterocycles. The summed E-state index contributed by atoms with van der Waals surface area (Å²) in [7, 11) is 0. The highest BCUT2D eigenvalue weighted by Gasteiger charge is 2.00. The zero-order chi connectivity index (χ0) is 14.4. The number of halogens is 2. The minimum absolute atomic E-state index is 0. The number of ether oxygens (including phenoxy) is 1. The number of hydrogen-bond donors (Lipinski definition) is 1. The summed E-state index contributed by atoms with van der Waals surface area (Å²) >= 11 is 0. The van der Waals surface area contributed by atoms with E-state index in [2.05, 4.69) is 25.2 Å². The van der Waals surface area contributed by atoms with E-state index in [0.29, 0.717) is 12.6 Å². The lowest BCUT2D eigenvalue weighted by Crippen LogP contribution is -2.21. The SMILES string of the molecule is CC(C)NCc1cccc(OCc2ccc(F)cc2)c1.Cl. The molecule has 1 N–H and O–H groups in total. The second-order valence-corrected chi connectivity index (χ2v) is 5.10. The summed E-state index contributed by atoms with van der Waals surface area (Å²) in [6.45, 7) is 5.51. The van der Waals surface area contributed by atoms with E-state index in [1.165, 1.54) is 17.7 Å². The van der Waals surface area contributed by atoms with Crippen LogP contribution in [-0.4, -0.2) is 6.04 Å². The topological polar surface area (TPSA) is 21.3 Å². The van der Waals surface area contributed by atoms with Crippen molar-refractivity contribution in [2.75, 3.05) is 0 Å². The largest absolute Gasteiger partial charge is 0.489 e. The Kier molecular flexibility index (Phi) is 7.20. The molecule has 21 heavy (non-hydrogen) atoms. The van der Waals surface area contributed by atoms with Gasteiger partial charge < -0.3 is 10.1 Å². The Morgan fingerprint density at radius 1 is 1.05 bits per heavy atom. The van der Waals surface area contributed by atoms with Crippen molar-refractivity contribution >= 4 is 12.4 Å². The molecule has 0 aliphatic carbocycles. The molecule has 4 heteroatoms. The Bertz CT molecular complexity index is 543.